The lowest BCUT2D eigenvalue weighted by Gasteiger charge is -1.97. The molecule has 0 unspecified atom stereocenters. The van der Waals surface area contributed by atoms with Crippen LogP contribution in [0.2, 0.25) is 15.5 Å². The minimum absolute atomic E-state index is 0.118. The predicted octanol–water partition coefficient (Wildman–Crippen LogP) is 2.75. The molecule has 54 valence electrons. The maximum Gasteiger partial charge on any atom is 0.224 e. The van der Waals surface area contributed by atoms with Crippen LogP contribution in [-0.4, -0.2) is 9.97 Å². The molecule has 0 spiro atoms. The van der Waals surface area contributed by atoms with Crippen LogP contribution in [0.25, 0.3) is 0 Å². The molecule has 0 aliphatic heterocycles. The van der Waals surface area contributed by atoms with Gasteiger partial charge in [0.25, 0.3) is 0 Å². The largest absolute Gasteiger partial charge is 0.224 e. The summed E-state index contributed by atoms with van der Waals surface area (Å²) in [5.41, 5.74) is 0.590. The van der Waals surface area contributed by atoms with Gasteiger partial charge in [0, 0.05) is 0 Å². The first-order valence-corrected chi connectivity index (χ1v) is 3.60. The average molecular weight is 197 g/mol. The van der Waals surface area contributed by atoms with Crippen molar-refractivity contribution in [3.8, 4) is 0 Å². The Kier molecular flexibility index (Phi) is 2.34. The zero-order valence-corrected chi connectivity index (χ0v) is 7.30. The van der Waals surface area contributed by atoms with Crippen LogP contribution >= 0.6 is 34.8 Å². The Bertz CT molecular complexity index is 238. The first-order valence-electron chi connectivity index (χ1n) is 2.46. The van der Waals surface area contributed by atoms with E-state index >= 15 is 0 Å². The molecule has 1 aromatic rings. The highest BCUT2D eigenvalue weighted by molar-refractivity contribution is 6.42. The standard InChI is InChI=1S/C5H3Cl3N2/c1-2-3(6)4(7)10-5(8)9-2/h1H3. The van der Waals surface area contributed by atoms with Crippen LogP contribution in [0.3, 0.4) is 0 Å². The quantitative estimate of drug-likeness (QED) is 0.472. The summed E-state index contributed by atoms with van der Waals surface area (Å²) < 4.78 is 0. The molecular formula is C5H3Cl3N2. The van der Waals surface area contributed by atoms with Crippen molar-refractivity contribution in [2.75, 3.05) is 0 Å². The summed E-state index contributed by atoms with van der Waals surface area (Å²) in [7, 11) is 0. The Labute approximate surface area is 73.1 Å². The van der Waals surface area contributed by atoms with Gasteiger partial charge in [0.15, 0.2) is 5.15 Å². The molecule has 0 atom stereocenters. The molecule has 0 saturated carbocycles. The molecular weight excluding hydrogens is 194 g/mol. The van der Waals surface area contributed by atoms with Gasteiger partial charge in [-0.3, -0.25) is 0 Å². The van der Waals surface area contributed by atoms with Crippen LogP contribution in [0, 0.1) is 6.92 Å². The third kappa shape index (κ3) is 1.51. The van der Waals surface area contributed by atoms with Crippen molar-refractivity contribution in [2.45, 2.75) is 6.92 Å². The average Bonchev–Trinajstić information content (AvgIpc) is 1.82. The molecule has 0 fully saturated rings. The fraction of sp³-hybridized carbons (Fsp3) is 0.200. The highest BCUT2D eigenvalue weighted by atomic mass is 35.5. The summed E-state index contributed by atoms with van der Waals surface area (Å²) in [6, 6.07) is 0. The highest BCUT2D eigenvalue weighted by Gasteiger charge is 2.04. The number of hydrogen-bond acceptors (Lipinski definition) is 2. The lowest BCUT2D eigenvalue weighted by Crippen LogP contribution is -1.88. The Morgan fingerprint density at radius 3 is 2.20 bits per heavy atom. The topological polar surface area (TPSA) is 25.8 Å². The summed E-state index contributed by atoms with van der Waals surface area (Å²) in [6.07, 6.45) is 0. The van der Waals surface area contributed by atoms with E-state index in [2.05, 4.69) is 9.97 Å². The fourth-order valence-electron chi connectivity index (χ4n) is 0.492. The van der Waals surface area contributed by atoms with Crippen LogP contribution in [0.5, 0.6) is 0 Å². The molecule has 0 radical (unpaired) electrons. The maximum atomic E-state index is 5.63. The number of nitrogens with zero attached hydrogens (tertiary/aromatic N) is 2. The number of aromatic nitrogens is 2. The van der Waals surface area contributed by atoms with Crippen molar-refractivity contribution in [1.82, 2.24) is 9.97 Å². The van der Waals surface area contributed by atoms with Crippen molar-refractivity contribution in [2.24, 2.45) is 0 Å². The minimum atomic E-state index is 0.118. The van der Waals surface area contributed by atoms with E-state index in [0.29, 0.717) is 10.7 Å². The van der Waals surface area contributed by atoms with Crippen LogP contribution in [0.4, 0.5) is 0 Å². The van der Waals surface area contributed by atoms with E-state index in [1.165, 1.54) is 0 Å². The fourth-order valence-corrected chi connectivity index (χ4v) is 1.05. The molecule has 0 aliphatic carbocycles. The third-order valence-corrected chi connectivity index (χ3v) is 1.94. The van der Waals surface area contributed by atoms with Gasteiger partial charge >= 0.3 is 0 Å². The van der Waals surface area contributed by atoms with E-state index < -0.39 is 0 Å². The molecule has 0 bridgehead atoms. The van der Waals surface area contributed by atoms with E-state index in [4.69, 9.17) is 34.8 Å². The monoisotopic (exact) mass is 196 g/mol. The summed E-state index contributed by atoms with van der Waals surface area (Å²) in [6.45, 7) is 1.71. The number of aryl methyl sites for hydroxylation is 1. The Morgan fingerprint density at radius 2 is 1.70 bits per heavy atom. The molecule has 0 aliphatic rings. The van der Waals surface area contributed by atoms with Crippen molar-refractivity contribution in [3.05, 3.63) is 21.2 Å². The van der Waals surface area contributed by atoms with Gasteiger partial charge in [0.1, 0.15) is 0 Å². The number of hydrogen-bond donors (Lipinski definition) is 0. The van der Waals surface area contributed by atoms with E-state index in [1.807, 2.05) is 0 Å². The lowest BCUT2D eigenvalue weighted by atomic mass is 10.5. The highest BCUT2D eigenvalue weighted by Crippen LogP contribution is 2.22. The summed E-state index contributed by atoms with van der Waals surface area (Å²) in [5.74, 6) is 0. The Morgan fingerprint density at radius 1 is 1.10 bits per heavy atom. The van der Waals surface area contributed by atoms with Gasteiger partial charge < -0.3 is 0 Å². The first kappa shape index (κ1) is 8.05. The van der Waals surface area contributed by atoms with Crippen LogP contribution < -0.4 is 0 Å². The van der Waals surface area contributed by atoms with Gasteiger partial charge in [-0.05, 0) is 18.5 Å². The van der Waals surface area contributed by atoms with Crippen molar-refractivity contribution >= 4 is 34.8 Å². The molecule has 1 heterocycles. The normalized spacial score (nSPS) is 10.0. The zero-order valence-electron chi connectivity index (χ0n) is 5.03. The summed E-state index contributed by atoms with van der Waals surface area (Å²) in [5, 5.41) is 0.664. The zero-order chi connectivity index (χ0) is 7.72. The molecule has 2 nitrogen and oxygen atoms in total. The molecule has 1 aromatic heterocycles. The van der Waals surface area contributed by atoms with E-state index in [-0.39, 0.29) is 10.4 Å². The number of halogens is 3. The van der Waals surface area contributed by atoms with Crippen molar-refractivity contribution in [3.63, 3.8) is 0 Å². The Balaban J connectivity index is 3.31. The van der Waals surface area contributed by atoms with Crippen molar-refractivity contribution in [1.29, 1.82) is 0 Å². The van der Waals surface area contributed by atoms with Gasteiger partial charge in [-0.25, -0.2) is 9.97 Å². The molecule has 0 aromatic carbocycles. The van der Waals surface area contributed by atoms with E-state index in [1.54, 1.807) is 6.92 Å². The molecule has 10 heavy (non-hydrogen) atoms. The molecule has 1 rings (SSSR count). The second-order valence-electron chi connectivity index (χ2n) is 1.68. The maximum absolute atomic E-state index is 5.63. The minimum Gasteiger partial charge on any atom is -0.222 e. The second kappa shape index (κ2) is 2.91. The van der Waals surface area contributed by atoms with Gasteiger partial charge in [0.2, 0.25) is 5.28 Å². The van der Waals surface area contributed by atoms with Crippen LogP contribution in [0.15, 0.2) is 0 Å². The lowest BCUT2D eigenvalue weighted by molar-refractivity contribution is 1.10. The summed E-state index contributed by atoms with van der Waals surface area (Å²) >= 11 is 16.6. The van der Waals surface area contributed by atoms with Gasteiger partial charge in [-0.2, -0.15) is 0 Å². The molecule has 0 N–H and O–H groups in total. The summed E-state index contributed by atoms with van der Waals surface area (Å²) in [4.78, 5) is 7.39. The molecule has 0 amide bonds. The van der Waals surface area contributed by atoms with E-state index in [0.717, 1.165) is 0 Å². The molecule has 0 saturated heterocycles. The predicted molar refractivity (Wildman–Crippen MR) is 41.8 cm³/mol. The first-order chi connectivity index (χ1) is 4.61. The Hall–Kier alpha value is -0.0500. The van der Waals surface area contributed by atoms with Gasteiger partial charge in [0.05, 0.1) is 10.7 Å². The van der Waals surface area contributed by atoms with Crippen LogP contribution in [-0.2, 0) is 0 Å². The van der Waals surface area contributed by atoms with Crippen LogP contribution in [0.1, 0.15) is 5.69 Å². The van der Waals surface area contributed by atoms with Gasteiger partial charge in [-0.1, -0.05) is 23.2 Å². The van der Waals surface area contributed by atoms with Crippen molar-refractivity contribution < 1.29 is 0 Å². The SMILES string of the molecule is Cc1nc(Cl)nc(Cl)c1Cl. The van der Waals surface area contributed by atoms with Gasteiger partial charge in [-0.15, -0.1) is 0 Å². The van der Waals surface area contributed by atoms with E-state index in [9.17, 15) is 0 Å². The molecule has 5 heteroatoms. The smallest absolute Gasteiger partial charge is 0.222 e. The second-order valence-corrected chi connectivity index (χ2v) is 2.76. The number of rotatable bonds is 0. The third-order valence-electron chi connectivity index (χ3n) is 0.949.